The molecule has 1 aliphatic heterocycles. The van der Waals surface area contributed by atoms with Crippen LogP contribution in [0.25, 0.3) is 0 Å². The monoisotopic (exact) mass is 416 g/mol. The van der Waals surface area contributed by atoms with Crippen LogP contribution < -0.4 is 0 Å². The zero-order chi connectivity index (χ0) is 21.0. The van der Waals surface area contributed by atoms with Gasteiger partial charge < -0.3 is 10.0 Å². The van der Waals surface area contributed by atoms with Crippen LogP contribution in [0.5, 0.6) is 0 Å². The Kier molecular flexibility index (Phi) is 6.72. The average molecular weight is 417 g/mol. The maximum Gasteiger partial charge on any atom is 0.227 e. The van der Waals surface area contributed by atoms with Gasteiger partial charge in [0.25, 0.3) is 0 Å². The molecule has 1 heterocycles. The van der Waals surface area contributed by atoms with Crippen LogP contribution in [0.4, 0.5) is 0 Å². The van der Waals surface area contributed by atoms with Gasteiger partial charge in [-0.1, -0.05) is 42.5 Å². The number of carbonyl (C=O) groups is 1. The Morgan fingerprint density at radius 2 is 1.83 bits per heavy atom. The van der Waals surface area contributed by atoms with Crippen LogP contribution in [-0.4, -0.2) is 68.3 Å². The van der Waals surface area contributed by atoms with E-state index in [0.29, 0.717) is 13.1 Å². The first kappa shape index (κ1) is 21.5. The molecule has 7 heteroatoms. The quantitative estimate of drug-likeness (QED) is 0.746. The summed E-state index contributed by atoms with van der Waals surface area (Å²) >= 11 is 0. The average Bonchev–Trinajstić information content (AvgIpc) is 3.11. The zero-order valence-electron chi connectivity index (χ0n) is 16.9. The summed E-state index contributed by atoms with van der Waals surface area (Å²) in [6.07, 6.45) is 1.82. The van der Waals surface area contributed by atoms with Gasteiger partial charge in [0.15, 0.2) is 9.84 Å². The highest BCUT2D eigenvalue weighted by Gasteiger charge is 2.28. The Bertz CT molecular complexity index is 929. The van der Waals surface area contributed by atoms with Gasteiger partial charge >= 0.3 is 0 Å². The van der Waals surface area contributed by atoms with Gasteiger partial charge in [-0.25, -0.2) is 8.42 Å². The van der Waals surface area contributed by atoms with E-state index in [-0.39, 0.29) is 29.4 Å². The summed E-state index contributed by atoms with van der Waals surface area (Å²) in [6.45, 7) is 2.11. The summed E-state index contributed by atoms with van der Waals surface area (Å²) in [5.74, 6) is -0.0364. The molecule has 0 aliphatic carbocycles. The number of hydrogen-bond acceptors (Lipinski definition) is 5. The lowest BCUT2D eigenvalue weighted by Crippen LogP contribution is -2.39. The maximum absolute atomic E-state index is 13.0. The summed E-state index contributed by atoms with van der Waals surface area (Å²) in [7, 11) is -1.45. The van der Waals surface area contributed by atoms with Crippen LogP contribution in [0.2, 0.25) is 0 Å². The van der Waals surface area contributed by atoms with Crippen molar-refractivity contribution >= 4 is 15.7 Å². The molecule has 0 radical (unpaired) electrons. The molecule has 0 bridgehead atoms. The fraction of sp³-hybridized carbons (Fsp3) is 0.409. The second-order valence-corrected chi connectivity index (χ2v) is 9.74. The summed E-state index contributed by atoms with van der Waals surface area (Å²) in [5.41, 5.74) is 1.83. The molecule has 2 atom stereocenters. The molecule has 2 aromatic rings. The van der Waals surface area contributed by atoms with Gasteiger partial charge in [0.2, 0.25) is 5.91 Å². The fourth-order valence-corrected chi connectivity index (χ4v) is 4.31. The van der Waals surface area contributed by atoms with E-state index in [1.807, 2.05) is 30.3 Å². The van der Waals surface area contributed by atoms with Crippen LogP contribution in [0.15, 0.2) is 59.5 Å². The predicted molar refractivity (Wildman–Crippen MR) is 112 cm³/mol. The van der Waals surface area contributed by atoms with Crippen LogP contribution >= 0.6 is 0 Å². The van der Waals surface area contributed by atoms with Gasteiger partial charge in [0.05, 0.1) is 23.5 Å². The summed E-state index contributed by atoms with van der Waals surface area (Å²) in [5, 5.41) is 9.84. The number of aliphatic hydroxyl groups excluding tert-OH is 1. The highest BCUT2D eigenvalue weighted by Crippen LogP contribution is 2.24. The second kappa shape index (κ2) is 9.07. The van der Waals surface area contributed by atoms with Gasteiger partial charge in [-0.3, -0.25) is 9.69 Å². The van der Waals surface area contributed by atoms with Crippen molar-refractivity contribution in [3.8, 4) is 0 Å². The molecule has 29 heavy (non-hydrogen) atoms. The van der Waals surface area contributed by atoms with Gasteiger partial charge in [-0.2, -0.15) is 0 Å². The standard InChI is InChI=1S/C22H28N2O4S/c1-23(22(26)14-17-8-10-20(11-9-17)29(2,27)28)21(18-6-4-3-5-7-18)16-24-13-12-19(25)15-24/h3-11,19,21,25H,12-16H2,1-2H3. The molecule has 1 aliphatic rings. The van der Waals surface area contributed by atoms with E-state index in [2.05, 4.69) is 4.90 Å². The molecule has 2 aromatic carbocycles. The molecule has 1 fully saturated rings. The molecule has 2 unspecified atom stereocenters. The molecule has 1 N–H and O–H groups in total. The van der Waals surface area contributed by atoms with Crippen LogP contribution in [0, 0.1) is 0 Å². The molecule has 3 rings (SSSR count). The van der Waals surface area contributed by atoms with E-state index in [1.54, 1.807) is 24.1 Å². The Morgan fingerprint density at radius 1 is 1.17 bits per heavy atom. The zero-order valence-corrected chi connectivity index (χ0v) is 17.7. The third-order valence-corrected chi connectivity index (χ3v) is 6.56. The highest BCUT2D eigenvalue weighted by molar-refractivity contribution is 7.90. The highest BCUT2D eigenvalue weighted by atomic mass is 32.2. The van der Waals surface area contributed by atoms with Crippen molar-refractivity contribution in [1.82, 2.24) is 9.80 Å². The SMILES string of the molecule is CN(C(=O)Cc1ccc(S(C)(=O)=O)cc1)C(CN1CCC(O)C1)c1ccccc1. The van der Waals surface area contributed by atoms with E-state index in [4.69, 9.17) is 0 Å². The van der Waals surface area contributed by atoms with Crippen molar-refractivity contribution < 1.29 is 18.3 Å². The largest absolute Gasteiger partial charge is 0.392 e. The van der Waals surface area contributed by atoms with E-state index in [0.717, 1.165) is 24.1 Å². The first-order chi connectivity index (χ1) is 13.7. The smallest absolute Gasteiger partial charge is 0.227 e. The molecular formula is C22H28N2O4S. The number of hydrogen-bond donors (Lipinski definition) is 1. The Hall–Kier alpha value is -2.22. The molecule has 0 spiro atoms. The third-order valence-electron chi connectivity index (χ3n) is 5.43. The molecule has 0 aromatic heterocycles. The van der Waals surface area contributed by atoms with Gasteiger partial charge in [-0.15, -0.1) is 0 Å². The molecule has 1 saturated heterocycles. The normalized spacial score (nSPS) is 18.5. The predicted octanol–water partition coefficient (Wildman–Crippen LogP) is 1.90. The Balaban J connectivity index is 1.74. The number of nitrogens with zero attached hydrogens (tertiary/aromatic N) is 2. The first-order valence-electron chi connectivity index (χ1n) is 9.74. The van der Waals surface area contributed by atoms with E-state index >= 15 is 0 Å². The molecule has 156 valence electrons. The summed E-state index contributed by atoms with van der Waals surface area (Å²) < 4.78 is 23.2. The van der Waals surface area contributed by atoms with Crippen molar-refractivity contribution in [1.29, 1.82) is 0 Å². The topological polar surface area (TPSA) is 77.9 Å². The lowest BCUT2D eigenvalue weighted by molar-refractivity contribution is -0.131. The number of likely N-dealkylation sites (N-methyl/N-ethyl adjacent to an activating group) is 1. The minimum absolute atomic E-state index is 0.0364. The van der Waals surface area contributed by atoms with Crippen molar-refractivity contribution in [3.05, 3.63) is 65.7 Å². The lowest BCUT2D eigenvalue weighted by Gasteiger charge is -2.32. The number of carbonyl (C=O) groups excluding carboxylic acids is 1. The van der Waals surface area contributed by atoms with Gasteiger partial charge in [0.1, 0.15) is 0 Å². The number of aliphatic hydroxyl groups is 1. The Labute approximate surface area is 172 Å². The second-order valence-electron chi connectivity index (χ2n) is 7.73. The van der Waals surface area contributed by atoms with Crippen molar-refractivity contribution in [2.45, 2.75) is 29.9 Å². The van der Waals surface area contributed by atoms with Crippen LogP contribution in [-0.2, 0) is 21.1 Å². The van der Waals surface area contributed by atoms with Gasteiger partial charge in [-0.05, 0) is 29.7 Å². The van der Waals surface area contributed by atoms with E-state index in [1.165, 1.54) is 18.4 Å². The number of β-amino-alcohol motifs (C(OH)–C–C–N with tert-alkyl or cyclic N) is 1. The van der Waals surface area contributed by atoms with Gasteiger partial charge in [0, 0.05) is 32.9 Å². The minimum Gasteiger partial charge on any atom is -0.392 e. The number of sulfone groups is 1. The molecule has 6 nitrogen and oxygen atoms in total. The minimum atomic E-state index is -3.25. The fourth-order valence-electron chi connectivity index (χ4n) is 3.68. The first-order valence-corrected chi connectivity index (χ1v) is 11.6. The van der Waals surface area contributed by atoms with Crippen molar-refractivity contribution in [2.75, 3.05) is 32.9 Å². The van der Waals surface area contributed by atoms with Crippen molar-refractivity contribution in [2.24, 2.45) is 0 Å². The number of amides is 1. The van der Waals surface area contributed by atoms with Crippen LogP contribution in [0.1, 0.15) is 23.6 Å². The third kappa shape index (κ3) is 5.65. The number of benzene rings is 2. The molecule has 1 amide bonds. The Morgan fingerprint density at radius 3 is 2.38 bits per heavy atom. The van der Waals surface area contributed by atoms with Crippen LogP contribution in [0.3, 0.4) is 0 Å². The lowest BCUT2D eigenvalue weighted by atomic mass is 10.0. The maximum atomic E-state index is 13.0. The summed E-state index contributed by atoms with van der Waals surface area (Å²) in [4.78, 5) is 17.2. The number of likely N-dealkylation sites (tertiary alicyclic amines) is 1. The number of rotatable bonds is 7. The summed E-state index contributed by atoms with van der Waals surface area (Å²) in [6, 6.07) is 16.2. The van der Waals surface area contributed by atoms with Crippen molar-refractivity contribution in [3.63, 3.8) is 0 Å². The van der Waals surface area contributed by atoms with E-state index in [9.17, 15) is 18.3 Å². The van der Waals surface area contributed by atoms with E-state index < -0.39 is 9.84 Å². The molecule has 0 saturated carbocycles. The molecular weight excluding hydrogens is 388 g/mol.